The van der Waals surface area contributed by atoms with Crippen molar-refractivity contribution in [1.82, 2.24) is 5.32 Å². The van der Waals surface area contributed by atoms with Gasteiger partial charge in [0.2, 0.25) is 0 Å². The Morgan fingerprint density at radius 1 is 1.38 bits per heavy atom. The average Bonchev–Trinajstić information content (AvgIpc) is 2.72. The van der Waals surface area contributed by atoms with Crippen LogP contribution in [0.4, 0.5) is 0 Å². The SMILES string of the molecule is CC.COC(=O)c1ccc2c(c1)C(=O)NC2. The number of carbonyl (C=O) groups is 2. The minimum atomic E-state index is -0.424. The number of hydrogen-bond donors (Lipinski definition) is 1. The van der Waals surface area contributed by atoms with E-state index in [0.29, 0.717) is 17.7 Å². The largest absolute Gasteiger partial charge is 0.465 e. The van der Waals surface area contributed by atoms with Gasteiger partial charge in [0.15, 0.2) is 0 Å². The lowest BCUT2D eigenvalue weighted by molar-refractivity contribution is 0.0600. The smallest absolute Gasteiger partial charge is 0.337 e. The molecule has 1 amide bonds. The molecule has 0 radical (unpaired) electrons. The van der Waals surface area contributed by atoms with Gasteiger partial charge in [-0.2, -0.15) is 0 Å². The molecule has 1 aliphatic heterocycles. The molecule has 0 spiro atoms. The molecule has 0 aromatic heterocycles. The van der Waals surface area contributed by atoms with Crippen molar-refractivity contribution < 1.29 is 14.3 Å². The number of nitrogens with one attached hydrogen (secondary N) is 1. The first-order chi connectivity index (χ1) is 7.72. The Balaban J connectivity index is 0.000000606. The number of rotatable bonds is 1. The van der Waals surface area contributed by atoms with Crippen LogP contribution in [0.15, 0.2) is 18.2 Å². The molecule has 1 aliphatic rings. The van der Waals surface area contributed by atoms with Crippen LogP contribution in [0, 0.1) is 0 Å². The van der Waals surface area contributed by atoms with Crippen LogP contribution in [0.1, 0.15) is 40.1 Å². The van der Waals surface area contributed by atoms with Crippen LogP contribution in [-0.4, -0.2) is 19.0 Å². The van der Waals surface area contributed by atoms with Gasteiger partial charge in [-0.3, -0.25) is 4.79 Å². The van der Waals surface area contributed by atoms with Crippen molar-refractivity contribution in [3.05, 3.63) is 34.9 Å². The molecule has 1 N–H and O–H groups in total. The van der Waals surface area contributed by atoms with Gasteiger partial charge in [0.1, 0.15) is 0 Å². The summed E-state index contributed by atoms with van der Waals surface area (Å²) < 4.78 is 4.56. The maximum absolute atomic E-state index is 11.3. The van der Waals surface area contributed by atoms with Crippen LogP contribution in [0.3, 0.4) is 0 Å². The molecule has 0 unspecified atom stereocenters. The summed E-state index contributed by atoms with van der Waals surface area (Å²) >= 11 is 0. The van der Waals surface area contributed by atoms with Gasteiger partial charge in [0, 0.05) is 12.1 Å². The lowest BCUT2D eigenvalue weighted by Gasteiger charge is -2.00. The third kappa shape index (κ3) is 2.21. The summed E-state index contributed by atoms with van der Waals surface area (Å²) in [5.41, 5.74) is 1.89. The minimum Gasteiger partial charge on any atom is -0.465 e. The zero-order valence-corrected chi connectivity index (χ0v) is 9.66. The fourth-order valence-corrected chi connectivity index (χ4v) is 1.46. The molecule has 0 bridgehead atoms. The Morgan fingerprint density at radius 3 is 2.69 bits per heavy atom. The van der Waals surface area contributed by atoms with Gasteiger partial charge in [0.25, 0.3) is 5.91 Å². The van der Waals surface area contributed by atoms with Gasteiger partial charge < -0.3 is 10.1 Å². The van der Waals surface area contributed by atoms with E-state index in [9.17, 15) is 9.59 Å². The number of ether oxygens (including phenoxy) is 1. The Morgan fingerprint density at radius 2 is 2.06 bits per heavy atom. The highest BCUT2D eigenvalue weighted by molar-refractivity contribution is 6.01. The predicted octanol–water partition coefficient (Wildman–Crippen LogP) is 1.74. The molecule has 86 valence electrons. The van der Waals surface area contributed by atoms with E-state index in [1.165, 1.54) is 7.11 Å². The van der Waals surface area contributed by atoms with Crippen LogP contribution in [0.2, 0.25) is 0 Å². The second-order valence-corrected chi connectivity index (χ2v) is 3.05. The van der Waals surface area contributed by atoms with Gasteiger partial charge in [-0.1, -0.05) is 19.9 Å². The molecular weight excluding hydrogens is 206 g/mol. The van der Waals surface area contributed by atoms with E-state index in [0.717, 1.165) is 5.56 Å². The van der Waals surface area contributed by atoms with Crippen LogP contribution in [-0.2, 0) is 11.3 Å². The molecular formula is C12H15NO3. The number of hydrogen-bond acceptors (Lipinski definition) is 3. The Labute approximate surface area is 94.6 Å². The molecule has 4 heteroatoms. The maximum Gasteiger partial charge on any atom is 0.337 e. The summed E-state index contributed by atoms with van der Waals surface area (Å²) in [5, 5.41) is 2.68. The highest BCUT2D eigenvalue weighted by atomic mass is 16.5. The van der Waals surface area contributed by atoms with Gasteiger partial charge in [-0.25, -0.2) is 4.79 Å². The average molecular weight is 221 g/mol. The number of benzene rings is 1. The number of amides is 1. The van der Waals surface area contributed by atoms with Crippen molar-refractivity contribution in [1.29, 1.82) is 0 Å². The van der Waals surface area contributed by atoms with E-state index in [-0.39, 0.29) is 5.91 Å². The summed E-state index contributed by atoms with van der Waals surface area (Å²) in [6.45, 7) is 4.54. The molecule has 0 aliphatic carbocycles. The van der Waals surface area contributed by atoms with E-state index in [2.05, 4.69) is 10.1 Å². The van der Waals surface area contributed by atoms with Crippen molar-refractivity contribution in [2.24, 2.45) is 0 Å². The van der Waals surface area contributed by atoms with Gasteiger partial charge in [-0.05, 0) is 17.7 Å². The third-order valence-electron chi connectivity index (χ3n) is 2.21. The summed E-state index contributed by atoms with van der Waals surface area (Å²) in [7, 11) is 1.32. The van der Waals surface area contributed by atoms with Crippen molar-refractivity contribution in [2.45, 2.75) is 20.4 Å². The second-order valence-electron chi connectivity index (χ2n) is 3.05. The fourth-order valence-electron chi connectivity index (χ4n) is 1.46. The monoisotopic (exact) mass is 221 g/mol. The highest BCUT2D eigenvalue weighted by Gasteiger charge is 2.20. The molecule has 0 atom stereocenters. The molecule has 0 saturated heterocycles. The third-order valence-corrected chi connectivity index (χ3v) is 2.21. The Hall–Kier alpha value is -1.84. The molecule has 1 aromatic rings. The Bertz CT molecular complexity index is 413. The standard InChI is InChI=1S/C10H9NO3.C2H6/c1-14-10(13)6-2-3-7-5-11-9(12)8(7)4-6;1-2/h2-4H,5H2,1H3,(H,11,12);1-2H3. The molecule has 1 heterocycles. The lowest BCUT2D eigenvalue weighted by atomic mass is 10.1. The topological polar surface area (TPSA) is 55.4 Å². The normalized spacial score (nSPS) is 12.1. The molecule has 16 heavy (non-hydrogen) atoms. The van der Waals surface area contributed by atoms with Crippen molar-refractivity contribution >= 4 is 11.9 Å². The second kappa shape index (κ2) is 5.30. The number of carbonyl (C=O) groups excluding carboxylic acids is 2. The zero-order valence-electron chi connectivity index (χ0n) is 9.66. The van der Waals surface area contributed by atoms with Crippen molar-refractivity contribution in [3.8, 4) is 0 Å². The van der Waals surface area contributed by atoms with E-state index in [1.54, 1.807) is 18.2 Å². The maximum atomic E-state index is 11.3. The first-order valence-corrected chi connectivity index (χ1v) is 5.22. The van der Waals surface area contributed by atoms with Gasteiger partial charge >= 0.3 is 5.97 Å². The summed E-state index contributed by atoms with van der Waals surface area (Å²) in [4.78, 5) is 22.4. The van der Waals surface area contributed by atoms with E-state index >= 15 is 0 Å². The van der Waals surface area contributed by atoms with E-state index < -0.39 is 5.97 Å². The lowest BCUT2D eigenvalue weighted by Crippen LogP contribution is -2.12. The summed E-state index contributed by atoms with van der Waals surface area (Å²) in [5.74, 6) is -0.557. The van der Waals surface area contributed by atoms with Gasteiger partial charge in [-0.15, -0.1) is 0 Å². The van der Waals surface area contributed by atoms with Gasteiger partial charge in [0.05, 0.1) is 12.7 Å². The Kier molecular flexibility index (Phi) is 4.05. The first kappa shape index (κ1) is 12.2. The minimum absolute atomic E-state index is 0.134. The van der Waals surface area contributed by atoms with E-state index in [4.69, 9.17) is 0 Å². The number of fused-ring (bicyclic) bond motifs is 1. The first-order valence-electron chi connectivity index (χ1n) is 5.22. The zero-order chi connectivity index (χ0) is 12.1. The van der Waals surface area contributed by atoms with Crippen LogP contribution in [0.25, 0.3) is 0 Å². The van der Waals surface area contributed by atoms with Crippen LogP contribution in [0.5, 0.6) is 0 Å². The number of methoxy groups -OCH3 is 1. The summed E-state index contributed by atoms with van der Waals surface area (Å²) in [6, 6.07) is 4.98. The van der Waals surface area contributed by atoms with Crippen molar-refractivity contribution in [2.75, 3.05) is 7.11 Å². The molecule has 0 fully saturated rings. The van der Waals surface area contributed by atoms with Crippen molar-refractivity contribution in [3.63, 3.8) is 0 Å². The van der Waals surface area contributed by atoms with E-state index in [1.807, 2.05) is 13.8 Å². The molecule has 0 saturated carbocycles. The molecule has 1 aromatic carbocycles. The summed E-state index contributed by atoms with van der Waals surface area (Å²) in [6.07, 6.45) is 0. The highest BCUT2D eigenvalue weighted by Crippen LogP contribution is 2.17. The predicted molar refractivity (Wildman–Crippen MR) is 60.3 cm³/mol. The number of esters is 1. The fraction of sp³-hybridized carbons (Fsp3) is 0.333. The van der Waals surface area contributed by atoms with Crippen LogP contribution >= 0.6 is 0 Å². The van der Waals surface area contributed by atoms with Crippen LogP contribution < -0.4 is 5.32 Å². The molecule has 4 nitrogen and oxygen atoms in total. The quantitative estimate of drug-likeness (QED) is 0.735. The molecule has 2 rings (SSSR count).